The Morgan fingerprint density at radius 3 is 2.95 bits per heavy atom. The van der Waals surface area contributed by atoms with E-state index in [1.165, 1.54) is 25.9 Å². The van der Waals surface area contributed by atoms with Crippen molar-refractivity contribution in [1.82, 2.24) is 14.9 Å². The maximum atomic E-state index is 4.34. The molecule has 0 bridgehead atoms. The number of rotatable bonds is 3. The predicted octanol–water partition coefficient (Wildman–Crippen LogP) is 2.38. The molecule has 0 radical (unpaired) electrons. The van der Waals surface area contributed by atoms with E-state index in [4.69, 9.17) is 0 Å². The fourth-order valence-electron chi connectivity index (χ4n) is 2.78. The van der Waals surface area contributed by atoms with Crippen LogP contribution in [0.1, 0.15) is 12.8 Å². The van der Waals surface area contributed by atoms with Gasteiger partial charge in [-0.05, 0) is 50.6 Å². The number of hydrogen-bond donors (Lipinski definition) is 1. The fraction of sp³-hybridized carbons (Fsp3) is 0.467. The van der Waals surface area contributed by atoms with Crippen LogP contribution in [0.25, 0.3) is 11.0 Å². The summed E-state index contributed by atoms with van der Waals surface area (Å²) in [4.78, 5) is 11.0. The van der Waals surface area contributed by atoms with E-state index >= 15 is 0 Å². The Labute approximate surface area is 113 Å². The van der Waals surface area contributed by atoms with Gasteiger partial charge >= 0.3 is 0 Å². The van der Waals surface area contributed by atoms with Crippen LogP contribution >= 0.6 is 0 Å². The van der Waals surface area contributed by atoms with E-state index in [9.17, 15) is 0 Å². The van der Waals surface area contributed by atoms with E-state index in [-0.39, 0.29) is 0 Å². The highest BCUT2D eigenvalue weighted by atomic mass is 15.1. The third-order valence-electron chi connectivity index (χ3n) is 3.79. The van der Waals surface area contributed by atoms with Gasteiger partial charge in [0.25, 0.3) is 0 Å². The molecule has 100 valence electrons. The molecule has 0 saturated carbocycles. The van der Waals surface area contributed by atoms with Crippen LogP contribution in [0.4, 0.5) is 5.69 Å². The minimum atomic E-state index is 0.747. The minimum absolute atomic E-state index is 0.747. The molecule has 1 fully saturated rings. The molecule has 1 aliphatic heterocycles. The van der Waals surface area contributed by atoms with Gasteiger partial charge < -0.3 is 10.2 Å². The Morgan fingerprint density at radius 2 is 2.11 bits per heavy atom. The molecule has 4 nitrogen and oxygen atoms in total. The second kappa shape index (κ2) is 5.53. The third-order valence-corrected chi connectivity index (χ3v) is 3.79. The number of anilines is 1. The van der Waals surface area contributed by atoms with Crippen LogP contribution in [0.5, 0.6) is 0 Å². The minimum Gasteiger partial charge on any atom is -0.385 e. The van der Waals surface area contributed by atoms with Crippen molar-refractivity contribution in [3.63, 3.8) is 0 Å². The molecule has 0 spiro atoms. The molecule has 1 aromatic carbocycles. The van der Waals surface area contributed by atoms with Crippen molar-refractivity contribution in [2.24, 2.45) is 5.92 Å². The van der Waals surface area contributed by atoms with Gasteiger partial charge in [0.1, 0.15) is 0 Å². The predicted molar refractivity (Wildman–Crippen MR) is 78.2 cm³/mol. The van der Waals surface area contributed by atoms with Crippen molar-refractivity contribution < 1.29 is 0 Å². The summed E-state index contributed by atoms with van der Waals surface area (Å²) in [6.45, 7) is 3.47. The van der Waals surface area contributed by atoms with Crippen LogP contribution < -0.4 is 5.32 Å². The summed E-state index contributed by atoms with van der Waals surface area (Å²) in [5.74, 6) is 0.747. The Morgan fingerprint density at radius 1 is 1.26 bits per heavy atom. The van der Waals surface area contributed by atoms with Crippen molar-refractivity contribution >= 4 is 16.7 Å². The highest BCUT2D eigenvalue weighted by Crippen LogP contribution is 2.18. The smallest absolute Gasteiger partial charge is 0.0907 e. The molecule has 3 rings (SSSR count). The van der Waals surface area contributed by atoms with Gasteiger partial charge in [0, 0.05) is 31.2 Å². The zero-order chi connectivity index (χ0) is 13.1. The summed E-state index contributed by atoms with van der Waals surface area (Å²) >= 11 is 0. The first-order valence-electron chi connectivity index (χ1n) is 6.94. The van der Waals surface area contributed by atoms with Gasteiger partial charge in [-0.2, -0.15) is 0 Å². The molecular weight excluding hydrogens is 236 g/mol. The molecule has 0 aliphatic carbocycles. The number of nitrogens with one attached hydrogen (secondary N) is 1. The number of fused-ring (bicyclic) bond motifs is 1. The van der Waals surface area contributed by atoms with E-state index in [1.807, 2.05) is 6.07 Å². The van der Waals surface area contributed by atoms with Gasteiger partial charge in [-0.15, -0.1) is 0 Å². The quantitative estimate of drug-likeness (QED) is 0.915. The van der Waals surface area contributed by atoms with E-state index in [0.29, 0.717) is 0 Å². The molecule has 2 heterocycles. The second-order valence-electron chi connectivity index (χ2n) is 5.41. The zero-order valence-electron chi connectivity index (χ0n) is 11.3. The summed E-state index contributed by atoms with van der Waals surface area (Å²) < 4.78 is 0. The first-order valence-corrected chi connectivity index (χ1v) is 6.94. The highest BCUT2D eigenvalue weighted by molar-refractivity contribution is 5.78. The monoisotopic (exact) mass is 256 g/mol. The molecule has 1 saturated heterocycles. The molecule has 4 heteroatoms. The molecule has 1 atom stereocenters. The third kappa shape index (κ3) is 3.01. The molecule has 19 heavy (non-hydrogen) atoms. The normalized spacial score (nSPS) is 20.6. The van der Waals surface area contributed by atoms with Gasteiger partial charge in [-0.3, -0.25) is 9.97 Å². The van der Waals surface area contributed by atoms with Crippen LogP contribution in [-0.2, 0) is 0 Å². The Kier molecular flexibility index (Phi) is 3.60. The average molecular weight is 256 g/mol. The summed E-state index contributed by atoms with van der Waals surface area (Å²) in [5, 5.41) is 3.53. The first-order chi connectivity index (χ1) is 9.31. The lowest BCUT2D eigenvalue weighted by Gasteiger charge is -2.29. The second-order valence-corrected chi connectivity index (χ2v) is 5.41. The largest absolute Gasteiger partial charge is 0.385 e. The van der Waals surface area contributed by atoms with Crippen LogP contribution in [0, 0.1) is 5.92 Å². The first kappa shape index (κ1) is 12.4. The molecule has 2 aromatic rings. The van der Waals surface area contributed by atoms with Crippen molar-refractivity contribution in [3.05, 3.63) is 30.6 Å². The lowest BCUT2D eigenvalue weighted by atomic mass is 9.98. The van der Waals surface area contributed by atoms with Crippen molar-refractivity contribution in [2.75, 3.05) is 32.0 Å². The van der Waals surface area contributed by atoms with E-state index in [1.54, 1.807) is 12.4 Å². The maximum Gasteiger partial charge on any atom is 0.0907 e. The van der Waals surface area contributed by atoms with E-state index in [2.05, 4.69) is 39.4 Å². The lowest BCUT2D eigenvalue weighted by molar-refractivity contribution is 0.217. The zero-order valence-corrected chi connectivity index (χ0v) is 11.3. The number of benzene rings is 1. The Hall–Kier alpha value is -1.68. The number of aromatic nitrogens is 2. The van der Waals surface area contributed by atoms with Crippen molar-refractivity contribution in [1.29, 1.82) is 0 Å². The Bertz CT molecular complexity index is 555. The van der Waals surface area contributed by atoms with Crippen LogP contribution in [0.2, 0.25) is 0 Å². The summed E-state index contributed by atoms with van der Waals surface area (Å²) in [5.41, 5.74) is 3.04. The van der Waals surface area contributed by atoms with Gasteiger partial charge in [-0.25, -0.2) is 0 Å². The molecule has 1 aliphatic rings. The molecule has 1 aromatic heterocycles. The molecule has 0 amide bonds. The van der Waals surface area contributed by atoms with Crippen LogP contribution in [0.15, 0.2) is 30.6 Å². The summed E-state index contributed by atoms with van der Waals surface area (Å²) in [6.07, 6.45) is 6.10. The van der Waals surface area contributed by atoms with E-state index in [0.717, 1.165) is 29.2 Å². The molecular formula is C15H20N4. The van der Waals surface area contributed by atoms with Crippen molar-refractivity contribution in [3.8, 4) is 0 Å². The van der Waals surface area contributed by atoms with Gasteiger partial charge in [0.2, 0.25) is 0 Å². The average Bonchev–Trinajstić information content (AvgIpc) is 2.45. The maximum absolute atomic E-state index is 4.34. The molecule has 1 unspecified atom stereocenters. The standard InChI is InChI=1S/C15H20N4/c1-19-8-2-3-12(11-19)10-18-13-4-5-14-15(9-13)17-7-6-16-14/h4-7,9,12,18H,2-3,8,10-11H2,1H3. The van der Waals surface area contributed by atoms with Gasteiger partial charge in [0.15, 0.2) is 0 Å². The summed E-state index contributed by atoms with van der Waals surface area (Å²) in [6, 6.07) is 6.19. The summed E-state index contributed by atoms with van der Waals surface area (Å²) in [7, 11) is 2.21. The Balaban J connectivity index is 1.64. The number of hydrogen-bond acceptors (Lipinski definition) is 4. The fourth-order valence-corrected chi connectivity index (χ4v) is 2.78. The SMILES string of the molecule is CN1CCCC(CNc2ccc3nccnc3c2)C1. The number of piperidine rings is 1. The van der Waals surface area contributed by atoms with E-state index < -0.39 is 0 Å². The highest BCUT2D eigenvalue weighted by Gasteiger charge is 2.16. The molecule has 1 N–H and O–H groups in total. The van der Waals surface area contributed by atoms with Crippen LogP contribution in [0.3, 0.4) is 0 Å². The van der Waals surface area contributed by atoms with Crippen LogP contribution in [-0.4, -0.2) is 41.5 Å². The van der Waals surface area contributed by atoms with Gasteiger partial charge in [0.05, 0.1) is 11.0 Å². The van der Waals surface area contributed by atoms with Gasteiger partial charge in [-0.1, -0.05) is 0 Å². The number of nitrogens with zero attached hydrogens (tertiary/aromatic N) is 3. The van der Waals surface area contributed by atoms with Crippen molar-refractivity contribution in [2.45, 2.75) is 12.8 Å². The lowest BCUT2D eigenvalue weighted by Crippen LogP contribution is -2.35. The number of likely N-dealkylation sites (tertiary alicyclic amines) is 1. The topological polar surface area (TPSA) is 41.0 Å².